The van der Waals surface area contributed by atoms with Gasteiger partial charge in [0.25, 0.3) is 0 Å². The van der Waals surface area contributed by atoms with Crippen LogP contribution in [0.15, 0.2) is 0 Å². The van der Waals surface area contributed by atoms with Gasteiger partial charge in [0, 0.05) is 19.5 Å². The highest BCUT2D eigenvalue weighted by molar-refractivity contribution is 5.86. The smallest absolute Gasteiger partial charge is 0.239 e. The number of amides is 2. The van der Waals surface area contributed by atoms with E-state index >= 15 is 0 Å². The largest absolute Gasteiger partial charge is 0.355 e. The summed E-state index contributed by atoms with van der Waals surface area (Å²) in [5, 5.41) is 6.21. The van der Waals surface area contributed by atoms with Crippen LogP contribution in [-0.2, 0) is 9.59 Å². The molecule has 2 saturated heterocycles. The number of nitrogens with zero attached hydrogens (tertiary/aromatic N) is 1. The van der Waals surface area contributed by atoms with E-state index < -0.39 is 0 Å². The zero-order chi connectivity index (χ0) is 13.7. The maximum absolute atomic E-state index is 12.0. The average molecular weight is 267 g/mol. The van der Waals surface area contributed by atoms with Crippen molar-refractivity contribution < 1.29 is 9.59 Å². The summed E-state index contributed by atoms with van der Waals surface area (Å²) in [6.07, 6.45) is 4.78. The van der Waals surface area contributed by atoms with Crippen molar-refractivity contribution in [2.75, 3.05) is 32.7 Å². The zero-order valence-corrected chi connectivity index (χ0v) is 11.8. The molecule has 2 fully saturated rings. The van der Waals surface area contributed by atoms with Crippen LogP contribution < -0.4 is 10.6 Å². The van der Waals surface area contributed by atoms with Crippen molar-refractivity contribution in [1.29, 1.82) is 0 Å². The molecule has 5 heteroatoms. The first-order chi connectivity index (χ1) is 9.15. The molecular formula is C14H25N3O2. The topological polar surface area (TPSA) is 61.4 Å². The van der Waals surface area contributed by atoms with Crippen LogP contribution in [0.3, 0.4) is 0 Å². The van der Waals surface area contributed by atoms with Crippen LogP contribution in [0.2, 0.25) is 0 Å². The van der Waals surface area contributed by atoms with Gasteiger partial charge in [-0.3, -0.25) is 9.59 Å². The summed E-state index contributed by atoms with van der Waals surface area (Å²) in [6, 6.07) is 0. The van der Waals surface area contributed by atoms with Crippen LogP contribution in [-0.4, -0.2) is 49.4 Å². The molecule has 2 heterocycles. The van der Waals surface area contributed by atoms with Crippen LogP contribution in [0.25, 0.3) is 0 Å². The maximum Gasteiger partial charge on any atom is 0.239 e. The summed E-state index contributed by atoms with van der Waals surface area (Å²) < 4.78 is 0. The molecule has 19 heavy (non-hydrogen) atoms. The molecule has 0 unspecified atom stereocenters. The third-order valence-electron chi connectivity index (χ3n) is 4.26. The summed E-state index contributed by atoms with van der Waals surface area (Å²) in [5.74, 6) is 0.125. The van der Waals surface area contributed by atoms with Crippen molar-refractivity contribution in [3.05, 3.63) is 0 Å². The first-order valence-corrected chi connectivity index (χ1v) is 7.40. The molecule has 2 aliphatic rings. The molecule has 2 aliphatic heterocycles. The van der Waals surface area contributed by atoms with Gasteiger partial charge in [-0.05, 0) is 37.8 Å². The molecule has 0 saturated carbocycles. The maximum atomic E-state index is 12.0. The highest BCUT2D eigenvalue weighted by atomic mass is 16.2. The van der Waals surface area contributed by atoms with Crippen molar-refractivity contribution in [2.45, 2.75) is 39.0 Å². The molecule has 0 aromatic carbocycles. The van der Waals surface area contributed by atoms with Crippen LogP contribution in [0.1, 0.15) is 39.0 Å². The van der Waals surface area contributed by atoms with Gasteiger partial charge in [0.05, 0.1) is 6.54 Å². The second-order valence-corrected chi connectivity index (χ2v) is 5.88. The Hall–Kier alpha value is -1.10. The summed E-state index contributed by atoms with van der Waals surface area (Å²) in [4.78, 5) is 25.6. The monoisotopic (exact) mass is 267 g/mol. The number of carbonyl (C=O) groups excluding carboxylic acids is 2. The number of rotatable bonds is 5. The first kappa shape index (κ1) is 14.3. The molecule has 0 aliphatic carbocycles. The van der Waals surface area contributed by atoms with E-state index in [-0.39, 0.29) is 23.8 Å². The lowest BCUT2D eigenvalue weighted by atomic mass is 9.78. The van der Waals surface area contributed by atoms with Gasteiger partial charge < -0.3 is 15.5 Å². The van der Waals surface area contributed by atoms with E-state index in [0.29, 0.717) is 13.0 Å². The van der Waals surface area contributed by atoms with E-state index in [9.17, 15) is 9.59 Å². The number of hydrogen-bond donors (Lipinski definition) is 2. The molecule has 0 atom stereocenters. The first-order valence-electron chi connectivity index (χ1n) is 7.40. The molecule has 2 N–H and O–H groups in total. The van der Waals surface area contributed by atoms with Gasteiger partial charge in [-0.1, -0.05) is 13.3 Å². The molecule has 2 amide bonds. The Morgan fingerprint density at radius 1 is 1.42 bits per heavy atom. The molecule has 108 valence electrons. The van der Waals surface area contributed by atoms with Gasteiger partial charge in [0.2, 0.25) is 11.8 Å². The molecule has 2 rings (SSSR count). The van der Waals surface area contributed by atoms with Crippen molar-refractivity contribution in [3.63, 3.8) is 0 Å². The number of likely N-dealkylation sites (tertiary alicyclic amines) is 1. The number of carbonyl (C=O) groups is 2. The Labute approximate surface area is 115 Å². The molecular weight excluding hydrogens is 242 g/mol. The molecule has 5 nitrogen and oxygen atoms in total. The lowest BCUT2D eigenvalue weighted by molar-refractivity contribution is -0.133. The number of hydrogen-bond acceptors (Lipinski definition) is 3. The fraction of sp³-hybridized carbons (Fsp3) is 0.857. The predicted octanol–water partition coefficient (Wildman–Crippen LogP) is 0.505. The van der Waals surface area contributed by atoms with Crippen molar-refractivity contribution in [3.8, 4) is 0 Å². The highest BCUT2D eigenvalue weighted by Gasteiger charge is 2.43. The molecule has 0 bridgehead atoms. The standard InChI is InChI=1S/C14H25N3O2/c1-2-3-6-16-12(18)10-17-11-14(9-13(17)19)4-7-15-8-5-14/h15H,2-11H2,1H3,(H,16,18). The van der Waals surface area contributed by atoms with E-state index in [1.54, 1.807) is 4.90 Å². The molecule has 0 radical (unpaired) electrons. The van der Waals surface area contributed by atoms with E-state index in [0.717, 1.165) is 45.3 Å². The van der Waals surface area contributed by atoms with Gasteiger partial charge in [-0.25, -0.2) is 0 Å². The van der Waals surface area contributed by atoms with E-state index in [1.807, 2.05) is 0 Å². The number of unbranched alkanes of at least 4 members (excludes halogenated alkanes) is 1. The van der Waals surface area contributed by atoms with Crippen LogP contribution in [0.4, 0.5) is 0 Å². The SMILES string of the molecule is CCCCNC(=O)CN1CC2(CCNCC2)CC1=O. The summed E-state index contributed by atoms with van der Waals surface area (Å²) in [7, 11) is 0. The Bertz CT molecular complexity index is 338. The Kier molecular flexibility index (Phi) is 4.80. The normalized spacial score (nSPS) is 21.9. The van der Waals surface area contributed by atoms with Gasteiger partial charge in [0.15, 0.2) is 0 Å². The Morgan fingerprint density at radius 3 is 2.84 bits per heavy atom. The fourth-order valence-corrected chi connectivity index (χ4v) is 3.05. The summed E-state index contributed by atoms with van der Waals surface area (Å²) in [5.41, 5.74) is 0.131. The van der Waals surface area contributed by atoms with E-state index in [1.165, 1.54) is 0 Å². The minimum absolute atomic E-state index is 0.0206. The number of nitrogens with one attached hydrogen (secondary N) is 2. The third kappa shape index (κ3) is 3.69. The minimum atomic E-state index is -0.0206. The van der Waals surface area contributed by atoms with E-state index in [2.05, 4.69) is 17.6 Å². The Balaban J connectivity index is 1.81. The lowest BCUT2D eigenvalue weighted by Gasteiger charge is -2.32. The van der Waals surface area contributed by atoms with Crippen LogP contribution in [0.5, 0.6) is 0 Å². The second kappa shape index (κ2) is 6.37. The summed E-state index contributed by atoms with van der Waals surface area (Å²) in [6.45, 7) is 5.78. The fourth-order valence-electron chi connectivity index (χ4n) is 3.05. The van der Waals surface area contributed by atoms with Gasteiger partial charge in [0.1, 0.15) is 0 Å². The Morgan fingerprint density at radius 2 is 2.16 bits per heavy atom. The van der Waals surface area contributed by atoms with Crippen LogP contribution >= 0.6 is 0 Å². The van der Waals surface area contributed by atoms with Gasteiger partial charge in [-0.15, -0.1) is 0 Å². The quantitative estimate of drug-likeness (QED) is 0.713. The van der Waals surface area contributed by atoms with Crippen molar-refractivity contribution in [2.24, 2.45) is 5.41 Å². The molecule has 0 aromatic rings. The molecule has 1 spiro atoms. The highest BCUT2D eigenvalue weighted by Crippen LogP contribution is 2.38. The van der Waals surface area contributed by atoms with E-state index in [4.69, 9.17) is 0 Å². The zero-order valence-electron chi connectivity index (χ0n) is 11.8. The molecule has 0 aromatic heterocycles. The minimum Gasteiger partial charge on any atom is -0.355 e. The average Bonchev–Trinajstić information content (AvgIpc) is 2.66. The predicted molar refractivity (Wildman–Crippen MR) is 73.7 cm³/mol. The van der Waals surface area contributed by atoms with Gasteiger partial charge >= 0.3 is 0 Å². The number of piperidine rings is 1. The third-order valence-corrected chi connectivity index (χ3v) is 4.26. The van der Waals surface area contributed by atoms with Crippen molar-refractivity contribution in [1.82, 2.24) is 15.5 Å². The second-order valence-electron chi connectivity index (χ2n) is 5.88. The van der Waals surface area contributed by atoms with Crippen LogP contribution in [0, 0.1) is 5.41 Å². The van der Waals surface area contributed by atoms with Gasteiger partial charge in [-0.2, -0.15) is 0 Å². The summed E-state index contributed by atoms with van der Waals surface area (Å²) >= 11 is 0. The lowest BCUT2D eigenvalue weighted by Crippen LogP contribution is -2.41. The van der Waals surface area contributed by atoms with Crippen molar-refractivity contribution >= 4 is 11.8 Å².